The van der Waals surface area contributed by atoms with E-state index >= 15 is 0 Å². The highest BCUT2D eigenvalue weighted by Gasteiger charge is 2.21. The van der Waals surface area contributed by atoms with Gasteiger partial charge in [-0.25, -0.2) is 4.98 Å². The number of pyridine rings is 1. The van der Waals surface area contributed by atoms with E-state index in [0.29, 0.717) is 23.2 Å². The van der Waals surface area contributed by atoms with Gasteiger partial charge in [-0.2, -0.15) is 0 Å². The Morgan fingerprint density at radius 2 is 2.29 bits per heavy atom. The molecule has 4 nitrogen and oxygen atoms in total. The average Bonchev–Trinajstić information content (AvgIpc) is 2.17. The average molecular weight is 274 g/mol. The summed E-state index contributed by atoms with van der Waals surface area (Å²) >= 11 is 11.7. The number of rotatable bonds is 3. The van der Waals surface area contributed by atoms with Crippen LogP contribution in [0.3, 0.4) is 0 Å². The third-order valence-electron chi connectivity index (χ3n) is 2.75. The fourth-order valence-electron chi connectivity index (χ4n) is 1.69. The van der Waals surface area contributed by atoms with Crippen molar-refractivity contribution < 1.29 is 4.79 Å². The molecule has 6 heteroatoms. The molecule has 1 aliphatic rings. The van der Waals surface area contributed by atoms with E-state index in [2.05, 4.69) is 15.6 Å². The molecule has 0 unspecified atom stereocenters. The van der Waals surface area contributed by atoms with Gasteiger partial charge in [0.25, 0.3) is 0 Å². The summed E-state index contributed by atoms with van der Waals surface area (Å²) in [6.07, 6.45) is 0.505. The number of carbonyl (C=O) groups is 1. The van der Waals surface area contributed by atoms with Crippen LogP contribution in [-0.2, 0) is 4.79 Å². The molecule has 0 spiro atoms. The molecule has 1 aromatic rings. The molecule has 0 atom stereocenters. The molecular weight excluding hydrogens is 261 g/mol. The SMILES string of the molecule is Cc1cc(Cl)nc(Cl)c1NC(=O)CC1CNC1. The highest BCUT2D eigenvalue weighted by Crippen LogP contribution is 2.26. The second-order valence-corrected chi connectivity index (χ2v) is 4.95. The quantitative estimate of drug-likeness (QED) is 0.831. The number of halogens is 2. The van der Waals surface area contributed by atoms with Gasteiger partial charge in [-0.15, -0.1) is 0 Å². The van der Waals surface area contributed by atoms with Gasteiger partial charge >= 0.3 is 0 Å². The topological polar surface area (TPSA) is 54.0 Å². The maximum absolute atomic E-state index is 11.7. The number of nitrogens with zero attached hydrogens (tertiary/aromatic N) is 1. The molecule has 0 saturated carbocycles. The smallest absolute Gasteiger partial charge is 0.224 e. The van der Waals surface area contributed by atoms with Crippen LogP contribution >= 0.6 is 23.2 Å². The van der Waals surface area contributed by atoms with Gasteiger partial charge in [-0.05, 0) is 37.6 Å². The van der Waals surface area contributed by atoms with Crippen molar-refractivity contribution in [2.75, 3.05) is 18.4 Å². The van der Waals surface area contributed by atoms with Crippen molar-refractivity contribution >= 4 is 34.8 Å². The van der Waals surface area contributed by atoms with E-state index in [1.54, 1.807) is 6.07 Å². The summed E-state index contributed by atoms with van der Waals surface area (Å²) in [4.78, 5) is 15.7. The van der Waals surface area contributed by atoms with E-state index in [4.69, 9.17) is 23.2 Å². The largest absolute Gasteiger partial charge is 0.323 e. The summed E-state index contributed by atoms with van der Waals surface area (Å²) in [6.45, 7) is 3.64. The molecule has 0 aromatic carbocycles. The van der Waals surface area contributed by atoms with E-state index in [-0.39, 0.29) is 11.1 Å². The highest BCUT2D eigenvalue weighted by molar-refractivity contribution is 6.34. The first-order chi connectivity index (χ1) is 8.06. The maximum Gasteiger partial charge on any atom is 0.224 e. The summed E-state index contributed by atoms with van der Waals surface area (Å²) in [7, 11) is 0. The molecule has 0 radical (unpaired) electrons. The lowest BCUT2D eigenvalue weighted by molar-refractivity contribution is -0.117. The van der Waals surface area contributed by atoms with Crippen molar-refractivity contribution in [3.05, 3.63) is 21.9 Å². The highest BCUT2D eigenvalue weighted by atomic mass is 35.5. The van der Waals surface area contributed by atoms with Crippen molar-refractivity contribution in [1.29, 1.82) is 0 Å². The van der Waals surface area contributed by atoms with Gasteiger partial charge in [0, 0.05) is 6.42 Å². The number of amides is 1. The van der Waals surface area contributed by atoms with Gasteiger partial charge in [-0.1, -0.05) is 23.2 Å². The zero-order valence-electron chi connectivity index (χ0n) is 9.39. The van der Waals surface area contributed by atoms with Gasteiger partial charge in [0.05, 0.1) is 5.69 Å². The van der Waals surface area contributed by atoms with Crippen molar-refractivity contribution in [3.8, 4) is 0 Å². The molecule has 1 aliphatic heterocycles. The van der Waals surface area contributed by atoms with E-state index in [1.807, 2.05) is 6.92 Å². The number of aromatic nitrogens is 1. The Morgan fingerprint density at radius 3 is 2.82 bits per heavy atom. The van der Waals surface area contributed by atoms with Crippen molar-refractivity contribution in [1.82, 2.24) is 10.3 Å². The zero-order valence-corrected chi connectivity index (χ0v) is 10.9. The molecule has 92 valence electrons. The molecule has 0 bridgehead atoms. The first kappa shape index (κ1) is 12.6. The summed E-state index contributed by atoms with van der Waals surface area (Å²) in [5, 5.41) is 6.47. The van der Waals surface area contributed by atoms with Gasteiger partial charge in [0.1, 0.15) is 5.15 Å². The number of hydrogen-bond donors (Lipinski definition) is 2. The van der Waals surface area contributed by atoms with Crippen LogP contribution in [0.25, 0.3) is 0 Å². The molecule has 17 heavy (non-hydrogen) atoms. The maximum atomic E-state index is 11.7. The van der Waals surface area contributed by atoms with Crippen LogP contribution in [0.2, 0.25) is 10.3 Å². The Hall–Kier alpha value is -0.840. The van der Waals surface area contributed by atoms with Crippen LogP contribution in [0.4, 0.5) is 5.69 Å². The lowest BCUT2D eigenvalue weighted by atomic mass is 9.99. The number of aryl methyl sites for hydroxylation is 1. The summed E-state index contributed by atoms with van der Waals surface area (Å²) < 4.78 is 0. The summed E-state index contributed by atoms with van der Waals surface area (Å²) in [5.74, 6) is 0.389. The second-order valence-electron chi connectivity index (χ2n) is 4.20. The fraction of sp³-hybridized carbons (Fsp3) is 0.455. The summed E-state index contributed by atoms with van der Waals surface area (Å²) in [5.41, 5.74) is 1.36. The van der Waals surface area contributed by atoms with E-state index < -0.39 is 0 Å². The standard InChI is InChI=1S/C11H13Cl2N3O/c1-6-2-8(12)15-11(13)10(6)16-9(17)3-7-4-14-5-7/h2,7,14H,3-5H2,1H3,(H,16,17). The monoisotopic (exact) mass is 273 g/mol. The molecule has 2 heterocycles. The first-order valence-corrected chi connectivity index (χ1v) is 6.15. The van der Waals surface area contributed by atoms with Gasteiger partial charge < -0.3 is 10.6 Å². The van der Waals surface area contributed by atoms with Crippen molar-refractivity contribution in [3.63, 3.8) is 0 Å². The van der Waals surface area contributed by atoms with Crippen LogP contribution in [0.5, 0.6) is 0 Å². The van der Waals surface area contributed by atoms with Crippen LogP contribution in [0.15, 0.2) is 6.07 Å². The summed E-state index contributed by atoms with van der Waals surface area (Å²) in [6, 6.07) is 1.67. The van der Waals surface area contributed by atoms with Crippen molar-refractivity contribution in [2.45, 2.75) is 13.3 Å². The fourth-order valence-corrected chi connectivity index (χ4v) is 2.27. The number of carbonyl (C=O) groups excluding carboxylic acids is 1. The van der Waals surface area contributed by atoms with Gasteiger partial charge in [0.15, 0.2) is 5.15 Å². The molecule has 1 fully saturated rings. The molecule has 1 amide bonds. The predicted molar refractivity (Wildman–Crippen MR) is 68.6 cm³/mol. The minimum Gasteiger partial charge on any atom is -0.323 e. The van der Waals surface area contributed by atoms with Crippen LogP contribution in [-0.4, -0.2) is 24.0 Å². The molecule has 1 aromatic heterocycles. The van der Waals surface area contributed by atoms with Crippen molar-refractivity contribution in [2.24, 2.45) is 5.92 Å². The minimum atomic E-state index is -0.0365. The molecule has 2 N–H and O–H groups in total. The Bertz CT molecular complexity index is 423. The molecule has 2 rings (SSSR count). The minimum absolute atomic E-state index is 0.0365. The zero-order chi connectivity index (χ0) is 12.4. The van der Waals surface area contributed by atoms with Gasteiger partial charge in [0.2, 0.25) is 5.91 Å². The van der Waals surface area contributed by atoms with E-state index in [0.717, 1.165) is 18.7 Å². The second kappa shape index (κ2) is 5.21. The third kappa shape index (κ3) is 3.09. The number of anilines is 1. The molecule has 1 saturated heterocycles. The normalized spacial score (nSPS) is 15.5. The van der Waals surface area contributed by atoms with Crippen LogP contribution in [0.1, 0.15) is 12.0 Å². The van der Waals surface area contributed by atoms with Crippen LogP contribution < -0.4 is 10.6 Å². The van der Waals surface area contributed by atoms with Gasteiger partial charge in [-0.3, -0.25) is 4.79 Å². The Labute approximate surface area is 110 Å². The first-order valence-electron chi connectivity index (χ1n) is 5.39. The van der Waals surface area contributed by atoms with Crippen LogP contribution in [0, 0.1) is 12.8 Å². The Kier molecular flexibility index (Phi) is 3.86. The third-order valence-corrected chi connectivity index (χ3v) is 3.21. The lowest BCUT2D eigenvalue weighted by Crippen LogP contribution is -2.43. The number of hydrogen-bond acceptors (Lipinski definition) is 3. The lowest BCUT2D eigenvalue weighted by Gasteiger charge is -2.26. The van der Waals surface area contributed by atoms with E-state index in [1.165, 1.54) is 0 Å². The Balaban J connectivity index is 2.04. The molecular formula is C11H13Cl2N3O. The Morgan fingerprint density at radius 1 is 1.59 bits per heavy atom. The molecule has 0 aliphatic carbocycles. The van der Waals surface area contributed by atoms with E-state index in [9.17, 15) is 4.79 Å². The number of nitrogens with one attached hydrogen (secondary N) is 2. The predicted octanol–water partition coefficient (Wildman–Crippen LogP) is 2.24.